The molecule has 0 aromatic carbocycles. The molecule has 1 rings (SSSR count). The number of nitrogens with two attached hydrogens (primary N) is 1. The molecule has 0 spiro atoms. The summed E-state index contributed by atoms with van der Waals surface area (Å²) in [4.78, 5) is 16.0. The number of thiazole rings is 1. The van der Waals surface area contributed by atoms with E-state index >= 15 is 0 Å². The maximum atomic E-state index is 11.4. The van der Waals surface area contributed by atoms with Gasteiger partial charge in [0.1, 0.15) is 0 Å². The third kappa shape index (κ3) is 3.78. The van der Waals surface area contributed by atoms with Gasteiger partial charge in [0, 0.05) is 22.8 Å². The molecule has 102 valence electrons. The quantitative estimate of drug-likeness (QED) is 0.853. The minimum Gasteiger partial charge on any atom is -0.469 e. The van der Waals surface area contributed by atoms with Crippen LogP contribution >= 0.6 is 11.3 Å². The topological polar surface area (TPSA) is 65.2 Å². The Hall–Kier alpha value is -0.940. The molecule has 2 N–H and O–H groups in total. The third-order valence-electron chi connectivity index (χ3n) is 2.79. The molecule has 0 aliphatic carbocycles. The number of rotatable bonds is 4. The van der Waals surface area contributed by atoms with Gasteiger partial charge in [-0.25, -0.2) is 4.98 Å². The molecule has 0 aliphatic heterocycles. The summed E-state index contributed by atoms with van der Waals surface area (Å²) >= 11 is 1.62. The first-order valence-electron chi connectivity index (χ1n) is 6.04. The number of esters is 1. The average molecular weight is 270 g/mol. The summed E-state index contributed by atoms with van der Waals surface area (Å²) in [5.74, 6) is -0.326. The lowest BCUT2D eigenvalue weighted by Gasteiger charge is -2.18. The molecule has 1 heterocycles. The van der Waals surface area contributed by atoms with Gasteiger partial charge < -0.3 is 10.5 Å². The largest absolute Gasteiger partial charge is 0.469 e. The van der Waals surface area contributed by atoms with E-state index < -0.39 is 0 Å². The van der Waals surface area contributed by atoms with Crippen LogP contribution in [0.1, 0.15) is 50.7 Å². The maximum absolute atomic E-state index is 11.4. The van der Waals surface area contributed by atoms with Gasteiger partial charge in [-0.15, -0.1) is 11.3 Å². The van der Waals surface area contributed by atoms with Crippen molar-refractivity contribution < 1.29 is 9.53 Å². The molecular formula is C13H22N2O2S. The highest BCUT2D eigenvalue weighted by molar-refractivity contribution is 7.09. The van der Waals surface area contributed by atoms with Crippen LogP contribution in [0.25, 0.3) is 0 Å². The Balaban J connectivity index is 2.93. The molecule has 4 nitrogen and oxygen atoms in total. The van der Waals surface area contributed by atoms with Gasteiger partial charge in [0.15, 0.2) is 0 Å². The summed E-state index contributed by atoms with van der Waals surface area (Å²) < 4.78 is 4.71. The van der Waals surface area contributed by atoms with E-state index in [1.165, 1.54) is 7.11 Å². The number of hydrogen-bond acceptors (Lipinski definition) is 5. The Morgan fingerprint density at radius 3 is 2.56 bits per heavy atom. The van der Waals surface area contributed by atoms with E-state index in [9.17, 15) is 4.79 Å². The number of ether oxygens (including phenoxy) is 1. The molecule has 0 bridgehead atoms. The van der Waals surface area contributed by atoms with Crippen molar-refractivity contribution in [2.75, 3.05) is 7.11 Å². The molecule has 18 heavy (non-hydrogen) atoms. The fourth-order valence-corrected chi connectivity index (χ4v) is 2.60. The number of methoxy groups -OCH3 is 1. The van der Waals surface area contributed by atoms with Crippen molar-refractivity contribution in [3.8, 4) is 0 Å². The van der Waals surface area contributed by atoms with Gasteiger partial charge in [0.2, 0.25) is 0 Å². The lowest BCUT2D eigenvalue weighted by molar-refractivity contribution is -0.141. The molecule has 0 amide bonds. The van der Waals surface area contributed by atoms with Crippen molar-refractivity contribution in [2.45, 2.75) is 51.5 Å². The van der Waals surface area contributed by atoms with Gasteiger partial charge in [-0.05, 0) is 6.92 Å². The highest BCUT2D eigenvalue weighted by atomic mass is 32.1. The van der Waals surface area contributed by atoms with Crippen molar-refractivity contribution in [3.63, 3.8) is 0 Å². The first-order valence-corrected chi connectivity index (χ1v) is 6.92. The van der Waals surface area contributed by atoms with Crippen LogP contribution in [0, 0.1) is 0 Å². The van der Waals surface area contributed by atoms with Crippen molar-refractivity contribution >= 4 is 17.3 Å². The van der Waals surface area contributed by atoms with Gasteiger partial charge in [0.05, 0.1) is 24.2 Å². The van der Waals surface area contributed by atoms with E-state index in [0.717, 1.165) is 10.7 Å². The number of aromatic nitrogens is 1. The van der Waals surface area contributed by atoms with E-state index in [2.05, 4.69) is 25.8 Å². The van der Waals surface area contributed by atoms with E-state index in [1.807, 2.05) is 12.3 Å². The summed E-state index contributed by atoms with van der Waals surface area (Å²) in [6.45, 7) is 8.26. The number of carbonyl (C=O) groups is 1. The van der Waals surface area contributed by atoms with Crippen molar-refractivity contribution in [3.05, 3.63) is 16.1 Å². The fraction of sp³-hybridized carbons (Fsp3) is 0.692. The van der Waals surface area contributed by atoms with Crippen LogP contribution in [-0.4, -0.2) is 24.1 Å². The number of hydrogen-bond donors (Lipinski definition) is 1. The monoisotopic (exact) mass is 270 g/mol. The summed E-state index contributed by atoms with van der Waals surface area (Å²) in [5.41, 5.74) is 6.87. The molecule has 0 aliphatic rings. The Bertz CT molecular complexity index is 407. The van der Waals surface area contributed by atoms with Gasteiger partial charge in [0.25, 0.3) is 0 Å². The Kier molecular flexibility index (Phi) is 4.87. The molecule has 0 radical (unpaired) electrons. The molecule has 2 unspecified atom stereocenters. The highest BCUT2D eigenvalue weighted by Crippen LogP contribution is 2.30. The van der Waals surface area contributed by atoms with Crippen molar-refractivity contribution in [1.29, 1.82) is 0 Å². The first-order chi connectivity index (χ1) is 8.25. The molecule has 0 saturated carbocycles. The summed E-state index contributed by atoms with van der Waals surface area (Å²) in [6.07, 6.45) is 0.279. The van der Waals surface area contributed by atoms with Crippen LogP contribution in [0.15, 0.2) is 5.38 Å². The van der Waals surface area contributed by atoms with Crippen LogP contribution in [0.3, 0.4) is 0 Å². The minimum absolute atomic E-state index is 0.0244. The third-order valence-corrected chi connectivity index (χ3v) is 4.08. The van der Waals surface area contributed by atoms with E-state index in [0.29, 0.717) is 0 Å². The van der Waals surface area contributed by atoms with E-state index in [4.69, 9.17) is 10.5 Å². The Morgan fingerprint density at radius 2 is 2.17 bits per heavy atom. The average Bonchev–Trinajstić information content (AvgIpc) is 2.73. The summed E-state index contributed by atoms with van der Waals surface area (Å²) in [7, 11) is 1.39. The lowest BCUT2D eigenvalue weighted by Crippen LogP contribution is -2.27. The predicted molar refractivity (Wildman–Crippen MR) is 73.8 cm³/mol. The zero-order chi connectivity index (χ0) is 13.9. The van der Waals surface area contributed by atoms with Crippen LogP contribution in [0.4, 0.5) is 0 Å². The molecule has 0 saturated heterocycles. The highest BCUT2D eigenvalue weighted by Gasteiger charge is 2.25. The second-order valence-electron chi connectivity index (χ2n) is 5.57. The fourth-order valence-electron chi connectivity index (χ4n) is 1.62. The Labute approximate surface area is 113 Å². The van der Waals surface area contributed by atoms with Crippen LogP contribution in [0.5, 0.6) is 0 Å². The zero-order valence-electron chi connectivity index (χ0n) is 11.7. The first kappa shape index (κ1) is 15.1. The number of nitrogens with zero attached hydrogens (tertiary/aromatic N) is 1. The minimum atomic E-state index is -0.248. The second-order valence-corrected chi connectivity index (χ2v) is 6.43. The van der Waals surface area contributed by atoms with E-state index in [1.54, 1.807) is 11.3 Å². The van der Waals surface area contributed by atoms with Crippen LogP contribution in [-0.2, 0) is 14.9 Å². The van der Waals surface area contributed by atoms with Gasteiger partial charge >= 0.3 is 5.97 Å². The summed E-state index contributed by atoms with van der Waals surface area (Å²) in [5, 5.41) is 3.06. The summed E-state index contributed by atoms with van der Waals surface area (Å²) in [6, 6.07) is -0.126. The van der Waals surface area contributed by atoms with Crippen LogP contribution in [0.2, 0.25) is 0 Å². The molecule has 1 aromatic rings. The van der Waals surface area contributed by atoms with Crippen molar-refractivity contribution in [2.24, 2.45) is 5.73 Å². The van der Waals surface area contributed by atoms with E-state index in [-0.39, 0.29) is 29.8 Å². The lowest BCUT2D eigenvalue weighted by atomic mass is 9.94. The molecular weight excluding hydrogens is 248 g/mol. The zero-order valence-corrected chi connectivity index (χ0v) is 12.5. The normalized spacial score (nSPS) is 15.2. The van der Waals surface area contributed by atoms with Gasteiger partial charge in [-0.1, -0.05) is 20.8 Å². The smallest absolute Gasteiger partial charge is 0.306 e. The molecule has 0 fully saturated rings. The van der Waals surface area contributed by atoms with Crippen LogP contribution < -0.4 is 5.73 Å². The van der Waals surface area contributed by atoms with Gasteiger partial charge in [-0.3, -0.25) is 4.79 Å². The molecule has 2 atom stereocenters. The SMILES string of the molecule is COC(=O)CC(c1csc(C(C)(C)C)n1)C(C)N. The van der Waals surface area contributed by atoms with Gasteiger partial charge in [-0.2, -0.15) is 0 Å². The molecule has 1 aromatic heterocycles. The standard InChI is InChI=1S/C13H22N2O2S/c1-8(14)9(6-11(16)17-5)10-7-18-12(15-10)13(2,3)4/h7-9H,6,14H2,1-5H3. The second kappa shape index (κ2) is 5.80. The Morgan fingerprint density at radius 1 is 1.56 bits per heavy atom. The predicted octanol–water partition coefficient (Wildman–Crippen LogP) is 2.43. The maximum Gasteiger partial charge on any atom is 0.306 e. The molecule has 5 heteroatoms. The number of carbonyl (C=O) groups excluding carboxylic acids is 1. The van der Waals surface area contributed by atoms with Crippen molar-refractivity contribution in [1.82, 2.24) is 4.98 Å².